The number of nitrogens with two attached hydrogens (primary N) is 1. The minimum absolute atomic E-state index is 0.755. The molecule has 1 unspecified atom stereocenters. The van der Waals surface area contributed by atoms with Crippen molar-refractivity contribution >= 4 is 16.6 Å². The molecule has 2 N–H and O–H groups in total. The van der Waals surface area contributed by atoms with E-state index in [4.69, 9.17) is 5.73 Å². The first-order chi connectivity index (χ1) is 9.15. The summed E-state index contributed by atoms with van der Waals surface area (Å²) >= 11 is 0. The molecule has 1 aromatic heterocycles. The second-order valence-electron chi connectivity index (χ2n) is 5.82. The number of hydrogen-bond donors (Lipinski definition) is 1. The molecule has 19 heavy (non-hydrogen) atoms. The molecule has 0 saturated carbocycles. The first-order valence-corrected chi connectivity index (χ1v) is 7.21. The van der Waals surface area contributed by atoms with Crippen LogP contribution in [-0.2, 0) is 6.54 Å². The van der Waals surface area contributed by atoms with E-state index < -0.39 is 0 Å². The van der Waals surface area contributed by atoms with E-state index in [0.29, 0.717) is 0 Å². The van der Waals surface area contributed by atoms with Crippen molar-refractivity contribution in [2.75, 3.05) is 19.3 Å². The van der Waals surface area contributed by atoms with E-state index in [9.17, 15) is 0 Å². The molecular formula is C16H23N3. The average Bonchev–Trinajstić information content (AvgIpc) is 2.90. The minimum atomic E-state index is 0.755. The van der Waals surface area contributed by atoms with Crippen LogP contribution in [0.15, 0.2) is 24.3 Å². The maximum absolute atomic E-state index is 5.86. The zero-order valence-electron chi connectivity index (χ0n) is 11.9. The number of aryl methyl sites for hydroxylation is 2. The Morgan fingerprint density at radius 2 is 2.16 bits per heavy atom. The molecule has 0 radical (unpaired) electrons. The molecule has 0 aliphatic carbocycles. The Morgan fingerprint density at radius 3 is 2.89 bits per heavy atom. The zero-order chi connectivity index (χ0) is 13.4. The SMILES string of the molecule is Cc1cc2cc(N)ccc2n1CCC1CCCN1C. The molecule has 2 heterocycles. The summed E-state index contributed by atoms with van der Waals surface area (Å²) in [5, 5.41) is 1.26. The third-order valence-electron chi connectivity index (χ3n) is 4.49. The van der Waals surface area contributed by atoms with Gasteiger partial charge in [0, 0.05) is 34.9 Å². The Morgan fingerprint density at radius 1 is 1.32 bits per heavy atom. The van der Waals surface area contributed by atoms with Crippen LogP contribution >= 0.6 is 0 Å². The van der Waals surface area contributed by atoms with Crippen LogP contribution in [0.4, 0.5) is 5.69 Å². The number of anilines is 1. The van der Waals surface area contributed by atoms with Crippen LogP contribution in [0.25, 0.3) is 10.9 Å². The van der Waals surface area contributed by atoms with E-state index in [2.05, 4.69) is 41.6 Å². The lowest BCUT2D eigenvalue weighted by molar-refractivity contribution is 0.287. The molecule has 1 atom stereocenters. The van der Waals surface area contributed by atoms with Crippen LogP contribution in [0.2, 0.25) is 0 Å². The van der Waals surface area contributed by atoms with E-state index in [1.165, 1.54) is 42.4 Å². The van der Waals surface area contributed by atoms with E-state index in [-0.39, 0.29) is 0 Å². The molecule has 3 nitrogen and oxygen atoms in total. The molecular weight excluding hydrogens is 234 g/mol. The van der Waals surface area contributed by atoms with Gasteiger partial charge >= 0.3 is 0 Å². The third kappa shape index (κ3) is 2.35. The van der Waals surface area contributed by atoms with Gasteiger partial charge < -0.3 is 15.2 Å². The molecule has 1 saturated heterocycles. The summed E-state index contributed by atoms with van der Waals surface area (Å²) in [7, 11) is 2.25. The topological polar surface area (TPSA) is 34.2 Å². The molecule has 3 heteroatoms. The fourth-order valence-corrected chi connectivity index (χ4v) is 3.35. The van der Waals surface area contributed by atoms with Crippen LogP contribution in [0.1, 0.15) is 25.0 Å². The summed E-state index contributed by atoms with van der Waals surface area (Å²) in [5.74, 6) is 0. The Hall–Kier alpha value is -1.48. The highest BCUT2D eigenvalue weighted by Crippen LogP contribution is 2.24. The quantitative estimate of drug-likeness (QED) is 0.858. The highest BCUT2D eigenvalue weighted by Gasteiger charge is 2.20. The van der Waals surface area contributed by atoms with Gasteiger partial charge in [0.2, 0.25) is 0 Å². The number of rotatable bonds is 3. The molecule has 0 bridgehead atoms. The lowest BCUT2D eigenvalue weighted by Gasteiger charge is -2.20. The Labute approximate surface area is 115 Å². The van der Waals surface area contributed by atoms with Crippen molar-refractivity contribution in [3.8, 4) is 0 Å². The third-order valence-corrected chi connectivity index (χ3v) is 4.49. The number of likely N-dealkylation sites (tertiary alicyclic amines) is 1. The summed E-state index contributed by atoms with van der Waals surface area (Å²) in [4.78, 5) is 2.50. The number of nitrogens with zero attached hydrogens (tertiary/aromatic N) is 2. The predicted molar refractivity (Wildman–Crippen MR) is 81.4 cm³/mol. The Bertz CT molecular complexity index is 585. The van der Waals surface area contributed by atoms with Crippen molar-refractivity contribution in [2.24, 2.45) is 0 Å². The summed E-state index contributed by atoms with van der Waals surface area (Å²) in [5.41, 5.74) is 9.35. The minimum Gasteiger partial charge on any atom is -0.399 e. The van der Waals surface area contributed by atoms with Crippen molar-refractivity contribution in [1.82, 2.24) is 9.47 Å². The molecule has 2 aromatic rings. The van der Waals surface area contributed by atoms with Crippen molar-refractivity contribution in [3.05, 3.63) is 30.0 Å². The normalized spacial score (nSPS) is 20.4. The molecule has 3 rings (SSSR count). The van der Waals surface area contributed by atoms with Gasteiger partial charge in [0.05, 0.1) is 0 Å². The summed E-state index contributed by atoms with van der Waals surface area (Å²) in [6.45, 7) is 4.55. The van der Waals surface area contributed by atoms with Gasteiger partial charge in [0.1, 0.15) is 0 Å². The van der Waals surface area contributed by atoms with E-state index in [1.54, 1.807) is 0 Å². The van der Waals surface area contributed by atoms with E-state index in [0.717, 1.165) is 18.3 Å². The lowest BCUT2D eigenvalue weighted by Crippen LogP contribution is -2.26. The van der Waals surface area contributed by atoms with Crippen LogP contribution in [0, 0.1) is 6.92 Å². The molecule has 1 aliphatic rings. The van der Waals surface area contributed by atoms with Gasteiger partial charge in [-0.15, -0.1) is 0 Å². The summed E-state index contributed by atoms with van der Waals surface area (Å²) in [6, 6.07) is 9.21. The number of hydrogen-bond acceptors (Lipinski definition) is 2. The molecule has 1 aromatic carbocycles. The van der Waals surface area contributed by atoms with Crippen molar-refractivity contribution in [2.45, 2.75) is 38.8 Å². The fraction of sp³-hybridized carbons (Fsp3) is 0.500. The Kier molecular flexibility index (Phi) is 3.23. The second-order valence-corrected chi connectivity index (χ2v) is 5.82. The van der Waals surface area contributed by atoms with Gasteiger partial charge in [-0.25, -0.2) is 0 Å². The summed E-state index contributed by atoms with van der Waals surface area (Å²) in [6.07, 6.45) is 3.94. The first-order valence-electron chi connectivity index (χ1n) is 7.21. The largest absolute Gasteiger partial charge is 0.399 e. The fourth-order valence-electron chi connectivity index (χ4n) is 3.35. The van der Waals surface area contributed by atoms with Crippen molar-refractivity contribution < 1.29 is 0 Å². The van der Waals surface area contributed by atoms with E-state index in [1.807, 2.05) is 6.07 Å². The molecule has 0 spiro atoms. The van der Waals surface area contributed by atoms with Gasteiger partial charge in [-0.05, 0) is 64.0 Å². The maximum atomic E-state index is 5.86. The van der Waals surface area contributed by atoms with E-state index >= 15 is 0 Å². The summed E-state index contributed by atoms with van der Waals surface area (Å²) < 4.78 is 2.43. The van der Waals surface area contributed by atoms with Gasteiger partial charge in [-0.3, -0.25) is 0 Å². The standard InChI is InChI=1S/C16H23N3/c1-12-10-13-11-14(17)5-6-16(13)19(12)9-7-15-4-3-8-18(15)2/h5-6,10-11,15H,3-4,7-9,17H2,1-2H3. The van der Waals surface area contributed by atoms with Gasteiger partial charge in [-0.1, -0.05) is 0 Å². The monoisotopic (exact) mass is 257 g/mol. The van der Waals surface area contributed by atoms with Crippen molar-refractivity contribution in [1.29, 1.82) is 0 Å². The van der Waals surface area contributed by atoms with Gasteiger partial charge in [0.15, 0.2) is 0 Å². The molecule has 102 valence electrons. The molecule has 1 aliphatic heterocycles. The first kappa shape index (κ1) is 12.5. The highest BCUT2D eigenvalue weighted by atomic mass is 15.1. The lowest BCUT2D eigenvalue weighted by atomic mass is 10.1. The van der Waals surface area contributed by atoms with Crippen molar-refractivity contribution in [3.63, 3.8) is 0 Å². The van der Waals surface area contributed by atoms with Crippen LogP contribution < -0.4 is 5.73 Å². The van der Waals surface area contributed by atoms with Gasteiger partial charge in [-0.2, -0.15) is 0 Å². The number of aromatic nitrogens is 1. The molecule has 0 amide bonds. The number of nitrogen functional groups attached to an aromatic ring is 1. The second kappa shape index (κ2) is 4.89. The highest BCUT2D eigenvalue weighted by molar-refractivity contribution is 5.84. The zero-order valence-corrected chi connectivity index (χ0v) is 11.9. The van der Waals surface area contributed by atoms with Crippen LogP contribution in [0.5, 0.6) is 0 Å². The van der Waals surface area contributed by atoms with Crippen LogP contribution in [-0.4, -0.2) is 29.1 Å². The Balaban J connectivity index is 1.82. The smallest absolute Gasteiger partial charge is 0.0483 e. The maximum Gasteiger partial charge on any atom is 0.0483 e. The predicted octanol–water partition coefficient (Wildman–Crippen LogP) is 3.02. The average molecular weight is 257 g/mol. The van der Waals surface area contributed by atoms with Gasteiger partial charge in [0.25, 0.3) is 0 Å². The molecule has 1 fully saturated rings. The number of fused-ring (bicyclic) bond motifs is 1. The number of benzene rings is 1. The van der Waals surface area contributed by atoms with Crippen LogP contribution in [0.3, 0.4) is 0 Å².